The number of pyridine rings is 1. The molecule has 2 aromatic heterocycles. The predicted molar refractivity (Wildman–Crippen MR) is 51.6 cm³/mol. The highest BCUT2D eigenvalue weighted by molar-refractivity contribution is 5.17. The first-order valence-corrected chi connectivity index (χ1v) is 4.55. The average molecular weight is 207 g/mol. The molecule has 1 N–H and O–H groups in total. The maximum Gasteiger partial charge on any atom is 0.141 e. The fourth-order valence-corrected chi connectivity index (χ4v) is 1.36. The monoisotopic (exact) mass is 207 g/mol. The van der Waals surface area contributed by atoms with Crippen LogP contribution < -0.4 is 0 Å². The number of aromatic nitrogens is 1. The van der Waals surface area contributed by atoms with Gasteiger partial charge in [0.1, 0.15) is 5.82 Å². The van der Waals surface area contributed by atoms with E-state index in [4.69, 9.17) is 4.42 Å². The summed E-state index contributed by atoms with van der Waals surface area (Å²) in [5.74, 6) is -0.446. The van der Waals surface area contributed by atoms with Crippen LogP contribution in [0.3, 0.4) is 0 Å². The SMILES string of the molecule is OC(Cc1ccoc1)c1cncc(F)c1. The van der Waals surface area contributed by atoms with Crippen LogP contribution in [-0.4, -0.2) is 10.1 Å². The van der Waals surface area contributed by atoms with Crippen LogP contribution in [0.2, 0.25) is 0 Å². The summed E-state index contributed by atoms with van der Waals surface area (Å²) < 4.78 is 17.7. The van der Waals surface area contributed by atoms with Gasteiger partial charge in [0.2, 0.25) is 0 Å². The fourth-order valence-electron chi connectivity index (χ4n) is 1.36. The van der Waals surface area contributed by atoms with Crippen molar-refractivity contribution < 1.29 is 13.9 Å². The van der Waals surface area contributed by atoms with Crippen molar-refractivity contribution in [3.8, 4) is 0 Å². The lowest BCUT2D eigenvalue weighted by Gasteiger charge is -2.08. The lowest BCUT2D eigenvalue weighted by Crippen LogP contribution is -2.02. The van der Waals surface area contributed by atoms with Crippen molar-refractivity contribution in [3.63, 3.8) is 0 Å². The molecule has 0 aromatic carbocycles. The fraction of sp³-hybridized carbons (Fsp3) is 0.182. The highest BCUT2D eigenvalue weighted by atomic mass is 19.1. The van der Waals surface area contributed by atoms with Crippen LogP contribution in [0.5, 0.6) is 0 Å². The molecule has 0 radical (unpaired) electrons. The normalized spacial score (nSPS) is 12.7. The summed E-state index contributed by atoms with van der Waals surface area (Å²) in [6.45, 7) is 0. The minimum atomic E-state index is -0.759. The smallest absolute Gasteiger partial charge is 0.141 e. The number of nitrogens with zero attached hydrogens (tertiary/aromatic N) is 1. The third-order valence-electron chi connectivity index (χ3n) is 2.12. The molecule has 0 bridgehead atoms. The molecule has 0 aliphatic rings. The van der Waals surface area contributed by atoms with Crippen LogP contribution in [0.15, 0.2) is 41.5 Å². The van der Waals surface area contributed by atoms with Gasteiger partial charge in [0.15, 0.2) is 0 Å². The number of furan rings is 1. The molecule has 1 atom stereocenters. The van der Waals surface area contributed by atoms with Gasteiger partial charge in [-0.25, -0.2) is 4.39 Å². The molecule has 3 nitrogen and oxygen atoms in total. The van der Waals surface area contributed by atoms with Gasteiger partial charge < -0.3 is 9.52 Å². The Kier molecular flexibility index (Phi) is 2.78. The van der Waals surface area contributed by atoms with Crippen LogP contribution in [0.1, 0.15) is 17.2 Å². The second-order valence-corrected chi connectivity index (χ2v) is 3.29. The molecule has 1 unspecified atom stereocenters. The van der Waals surface area contributed by atoms with Gasteiger partial charge in [-0.1, -0.05) is 0 Å². The highest BCUT2D eigenvalue weighted by Crippen LogP contribution is 2.18. The maximum absolute atomic E-state index is 12.8. The van der Waals surface area contributed by atoms with Gasteiger partial charge in [-0.2, -0.15) is 0 Å². The summed E-state index contributed by atoms with van der Waals surface area (Å²) in [4.78, 5) is 3.68. The molecule has 15 heavy (non-hydrogen) atoms. The molecular weight excluding hydrogens is 197 g/mol. The number of aliphatic hydroxyl groups excluding tert-OH is 1. The van der Waals surface area contributed by atoms with Crippen LogP contribution in [0.4, 0.5) is 4.39 Å². The summed E-state index contributed by atoms with van der Waals surface area (Å²) in [6.07, 6.45) is 5.27. The Morgan fingerprint density at radius 1 is 1.47 bits per heavy atom. The van der Waals surface area contributed by atoms with Gasteiger partial charge in [-0.15, -0.1) is 0 Å². The highest BCUT2D eigenvalue weighted by Gasteiger charge is 2.10. The molecule has 78 valence electrons. The van der Waals surface area contributed by atoms with E-state index in [0.717, 1.165) is 11.8 Å². The van der Waals surface area contributed by atoms with E-state index in [1.807, 2.05) is 0 Å². The van der Waals surface area contributed by atoms with Crippen LogP contribution in [0.25, 0.3) is 0 Å². The zero-order valence-corrected chi connectivity index (χ0v) is 7.93. The second-order valence-electron chi connectivity index (χ2n) is 3.29. The molecule has 0 amide bonds. The summed E-state index contributed by atoms with van der Waals surface area (Å²) in [7, 11) is 0. The lowest BCUT2D eigenvalue weighted by atomic mass is 10.1. The molecule has 0 saturated carbocycles. The summed E-state index contributed by atoms with van der Waals surface area (Å²) in [5, 5.41) is 9.77. The molecular formula is C11H10FNO2. The third kappa shape index (κ3) is 2.41. The van der Waals surface area contributed by atoms with E-state index in [1.165, 1.54) is 18.5 Å². The van der Waals surface area contributed by atoms with Crippen LogP contribution >= 0.6 is 0 Å². The van der Waals surface area contributed by atoms with Gasteiger partial charge in [0.05, 0.1) is 24.8 Å². The Balaban J connectivity index is 2.11. The Morgan fingerprint density at radius 2 is 2.33 bits per heavy atom. The third-order valence-corrected chi connectivity index (χ3v) is 2.12. The van der Waals surface area contributed by atoms with Gasteiger partial charge in [0.25, 0.3) is 0 Å². The van der Waals surface area contributed by atoms with E-state index < -0.39 is 11.9 Å². The molecule has 2 aromatic rings. The second kappa shape index (κ2) is 4.23. The molecule has 0 aliphatic carbocycles. The molecule has 2 heterocycles. The quantitative estimate of drug-likeness (QED) is 0.838. The minimum Gasteiger partial charge on any atom is -0.472 e. The van der Waals surface area contributed by atoms with E-state index in [-0.39, 0.29) is 0 Å². The largest absolute Gasteiger partial charge is 0.472 e. The Labute approximate surface area is 86.2 Å². The molecule has 4 heteroatoms. The number of hydrogen-bond donors (Lipinski definition) is 1. The molecule has 0 saturated heterocycles. The Hall–Kier alpha value is -1.68. The average Bonchev–Trinajstić information content (AvgIpc) is 2.70. The van der Waals surface area contributed by atoms with E-state index in [1.54, 1.807) is 12.3 Å². The predicted octanol–water partition coefficient (Wildman–Crippen LogP) is 2.09. The minimum absolute atomic E-state index is 0.391. The van der Waals surface area contributed by atoms with Crippen molar-refractivity contribution in [1.82, 2.24) is 4.98 Å². The summed E-state index contributed by atoms with van der Waals surface area (Å²) >= 11 is 0. The van der Waals surface area contributed by atoms with Gasteiger partial charge in [-0.05, 0) is 17.7 Å². The first kappa shape index (κ1) is 9.86. The summed E-state index contributed by atoms with van der Waals surface area (Å²) in [5.41, 5.74) is 1.34. The van der Waals surface area contributed by atoms with Gasteiger partial charge >= 0.3 is 0 Å². The zero-order valence-electron chi connectivity index (χ0n) is 7.93. The standard InChI is InChI=1S/C11H10FNO2/c12-10-4-9(5-13-6-10)11(14)3-8-1-2-15-7-8/h1-2,4-7,11,14H,3H2. The first-order valence-electron chi connectivity index (χ1n) is 4.55. The molecule has 0 fully saturated rings. The molecule has 0 aliphatic heterocycles. The summed E-state index contributed by atoms with van der Waals surface area (Å²) in [6, 6.07) is 3.04. The Bertz CT molecular complexity index is 428. The van der Waals surface area contributed by atoms with Crippen molar-refractivity contribution >= 4 is 0 Å². The topological polar surface area (TPSA) is 46.3 Å². The van der Waals surface area contributed by atoms with E-state index in [0.29, 0.717) is 12.0 Å². The van der Waals surface area contributed by atoms with Crippen molar-refractivity contribution in [2.75, 3.05) is 0 Å². The van der Waals surface area contributed by atoms with Gasteiger partial charge in [0, 0.05) is 18.2 Å². The van der Waals surface area contributed by atoms with Crippen molar-refractivity contribution in [3.05, 3.63) is 54.0 Å². The Morgan fingerprint density at radius 3 is 3.00 bits per heavy atom. The van der Waals surface area contributed by atoms with Crippen molar-refractivity contribution in [1.29, 1.82) is 0 Å². The van der Waals surface area contributed by atoms with E-state index >= 15 is 0 Å². The maximum atomic E-state index is 12.8. The van der Waals surface area contributed by atoms with E-state index in [2.05, 4.69) is 4.98 Å². The molecule has 2 rings (SSSR count). The van der Waals surface area contributed by atoms with Gasteiger partial charge in [-0.3, -0.25) is 4.98 Å². The molecule has 0 spiro atoms. The number of rotatable bonds is 3. The zero-order chi connectivity index (χ0) is 10.7. The van der Waals surface area contributed by atoms with Crippen LogP contribution in [0, 0.1) is 5.82 Å². The number of halogens is 1. The first-order chi connectivity index (χ1) is 7.25. The van der Waals surface area contributed by atoms with Crippen molar-refractivity contribution in [2.24, 2.45) is 0 Å². The van der Waals surface area contributed by atoms with Crippen molar-refractivity contribution in [2.45, 2.75) is 12.5 Å². The van der Waals surface area contributed by atoms with Crippen LogP contribution in [-0.2, 0) is 6.42 Å². The van der Waals surface area contributed by atoms with E-state index in [9.17, 15) is 9.50 Å². The number of hydrogen-bond acceptors (Lipinski definition) is 3. The lowest BCUT2D eigenvalue weighted by molar-refractivity contribution is 0.177. The number of aliphatic hydroxyl groups is 1.